The number of aryl methyl sites for hydroxylation is 2. The zero-order valence-corrected chi connectivity index (χ0v) is 16.6. The van der Waals surface area contributed by atoms with Crippen LogP contribution in [0.2, 0.25) is 0 Å². The maximum Gasteiger partial charge on any atom is 0.279 e. The smallest absolute Gasteiger partial charge is 0.267 e. The summed E-state index contributed by atoms with van der Waals surface area (Å²) in [5.74, 6) is -0.968. The fourth-order valence-electron chi connectivity index (χ4n) is 3.73. The lowest BCUT2D eigenvalue weighted by Gasteiger charge is -2.14. The molecule has 30 heavy (non-hydrogen) atoms. The molecule has 1 aliphatic carbocycles. The fraction of sp³-hybridized carbons (Fsp3) is 0.208. The zero-order valence-electron chi connectivity index (χ0n) is 16.6. The minimum absolute atomic E-state index is 0.148. The maximum absolute atomic E-state index is 14.7. The summed E-state index contributed by atoms with van der Waals surface area (Å²) in [5.41, 5.74) is 3.59. The minimum Gasteiger partial charge on any atom is -0.267 e. The molecular weight excluding hydrogens is 384 g/mol. The molecule has 0 atom stereocenters. The van der Waals surface area contributed by atoms with Gasteiger partial charge in [-0.1, -0.05) is 0 Å². The first kappa shape index (κ1) is 18.6. The van der Waals surface area contributed by atoms with Gasteiger partial charge in [0.25, 0.3) is 5.56 Å². The molecule has 150 valence electrons. The van der Waals surface area contributed by atoms with Gasteiger partial charge in [-0.15, -0.1) is 0 Å². The van der Waals surface area contributed by atoms with Crippen molar-refractivity contribution in [1.82, 2.24) is 14.8 Å². The van der Waals surface area contributed by atoms with E-state index in [-0.39, 0.29) is 11.1 Å². The Morgan fingerprint density at radius 2 is 1.70 bits per heavy atom. The molecule has 4 nitrogen and oxygen atoms in total. The van der Waals surface area contributed by atoms with Crippen LogP contribution < -0.4 is 5.56 Å². The Kier molecular flexibility index (Phi) is 4.24. The predicted octanol–water partition coefficient (Wildman–Crippen LogP) is 5.22. The summed E-state index contributed by atoms with van der Waals surface area (Å²) < 4.78 is 29.5. The highest BCUT2D eigenvalue weighted by molar-refractivity contribution is 5.95. The van der Waals surface area contributed by atoms with E-state index in [9.17, 15) is 13.6 Å². The molecular formula is C24H19F2N3O. The molecule has 2 heterocycles. The molecule has 1 aliphatic rings. The number of rotatable bonds is 3. The van der Waals surface area contributed by atoms with Gasteiger partial charge in [-0.3, -0.25) is 9.78 Å². The third-order valence-electron chi connectivity index (χ3n) is 5.70. The van der Waals surface area contributed by atoms with E-state index >= 15 is 0 Å². The lowest BCUT2D eigenvalue weighted by Crippen LogP contribution is -2.23. The fourth-order valence-corrected chi connectivity index (χ4v) is 3.73. The van der Waals surface area contributed by atoms with Gasteiger partial charge in [0.2, 0.25) is 0 Å². The van der Waals surface area contributed by atoms with Crippen LogP contribution in [0.25, 0.3) is 27.7 Å². The molecule has 1 saturated carbocycles. The van der Waals surface area contributed by atoms with E-state index in [1.54, 1.807) is 18.3 Å². The summed E-state index contributed by atoms with van der Waals surface area (Å²) in [7, 11) is 0. The number of hydrogen-bond donors (Lipinski definition) is 0. The highest BCUT2D eigenvalue weighted by atomic mass is 19.1. The second kappa shape index (κ2) is 6.83. The van der Waals surface area contributed by atoms with Crippen molar-refractivity contribution in [3.63, 3.8) is 0 Å². The van der Waals surface area contributed by atoms with Crippen LogP contribution in [0.3, 0.4) is 0 Å². The lowest BCUT2D eigenvalue weighted by atomic mass is 9.99. The van der Waals surface area contributed by atoms with Crippen LogP contribution in [0.5, 0.6) is 0 Å². The molecule has 0 radical (unpaired) electrons. The standard InChI is InChI=1S/C24H19F2N3O/c1-13-9-19-20(10-14(13)2)24(30)29(17-7-8-27-22(12-17)15-3-4-15)28-23(19)18-6-5-16(25)11-21(18)26/h5-12,15H,3-4H2,1-2H3. The number of nitrogens with zero attached hydrogens (tertiary/aromatic N) is 3. The average Bonchev–Trinajstić information content (AvgIpc) is 3.56. The van der Waals surface area contributed by atoms with Crippen LogP contribution in [0.15, 0.2) is 53.5 Å². The van der Waals surface area contributed by atoms with E-state index in [0.29, 0.717) is 28.1 Å². The van der Waals surface area contributed by atoms with Gasteiger partial charge in [-0.25, -0.2) is 8.78 Å². The zero-order chi connectivity index (χ0) is 21.0. The van der Waals surface area contributed by atoms with Gasteiger partial charge in [-0.2, -0.15) is 9.78 Å². The van der Waals surface area contributed by atoms with Gasteiger partial charge in [0.1, 0.15) is 17.3 Å². The van der Waals surface area contributed by atoms with E-state index in [1.165, 1.54) is 16.8 Å². The first-order valence-electron chi connectivity index (χ1n) is 9.88. The summed E-state index contributed by atoms with van der Waals surface area (Å²) in [4.78, 5) is 17.7. The van der Waals surface area contributed by atoms with Crippen LogP contribution >= 0.6 is 0 Å². The van der Waals surface area contributed by atoms with Crippen molar-refractivity contribution in [3.05, 3.63) is 87.5 Å². The Labute approximate surface area is 171 Å². The summed E-state index contributed by atoms with van der Waals surface area (Å²) in [6.07, 6.45) is 3.84. The Balaban J connectivity index is 1.84. The van der Waals surface area contributed by atoms with Crippen molar-refractivity contribution >= 4 is 10.8 Å². The van der Waals surface area contributed by atoms with E-state index in [4.69, 9.17) is 0 Å². The second-order valence-corrected chi connectivity index (χ2v) is 7.88. The molecule has 2 aromatic heterocycles. The normalized spacial score (nSPS) is 13.7. The Morgan fingerprint density at radius 1 is 0.967 bits per heavy atom. The third kappa shape index (κ3) is 3.09. The monoisotopic (exact) mass is 403 g/mol. The molecule has 0 aliphatic heterocycles. The first-order chi connectivity index (χ1) is 14.4. The summed E-state index contributed by atoms with van der Waals surface area (Å²) in [5, 5.41) is 5.52. The molecule has 0 saturated heterocycles. The topological polar surface area (TPSA) is 47.8 Å². The summed E-state index contributed by atoms with van der Waals surface area (Å²) in [6, 6.07) is 10.6. The number of hydrogen-bond acceptors (Lipinski definition) is 3. The van der Waals surface area contributed by atoms with Gasteiger partial charge in [0, 0.05) is 34.8 Å². The quantitative estimate of drug-likeness (QED) is 0.471. The van der Waals surface area contributed by atoms with Crippen molar-refractivity contribution in [1.29, 1.82) is 0 Å². The van der Waals surface area contributed by atoms with Crippen molar-refractivity contribution in [2.45, 2.75) is 32.6 Å². The molecule has 0 amide bonds. The van der Waals surface area contributed by atoms with E-state index in [1.807, 2.05) is 26.0 Å². The number of aromatic nitrogens is 3. The van der Waals surface area contributed by atoms with Gasteiger partial charge in [-0.05, 0) is 74.2 Å². The molecule has 0 bridgehead atoms. The largest absolute Gasteiger partial charge is 0.279 e. The van der Waals surface area contributed by atoms with E-state index in [0.717, 1.165) is 35.7 Å². The number of benzene rings is 2. The van der Waals surface area contributed by atoms with Crippen molar-refractivity contribution in [2.75, 3.05) is 0 Å². The molecule has 0 N–H and O–H groups in total. The summed E-state index contributed by atoms with van der Waals surface area (Å²) in [6.45, 7) is 3.85. The predicted molar refractivity (Wildman–Crippen MR) is 112 cm³/mol. The molecule has 0 unspecified atom stereocenters. The summed E-state index contributed by atoms with van der Waals surface area (Å²) >= 11 is 0. The Morgan fingerprint density at radius 3 is 2.40 bits per heavy atom. The van der Waals surface area contributed by atoms with Crippen molar-refractivity contribution in [2.24, 2.45) is 0 Å². The molecule has 5 rings (SSSR count). The lowest BCUT2D eigenvalue weighted by molar-refractivity contribution is 0.585. The maximum atomic E-state index is 14.7. The highest BCUT2D eigenvalue weighted by Gasteiger charge is 2.25. The van der Waals surface area contributed by atoms with E-state index in [2.05, 4.69) is 10.1 Å². The molecule has 1 fully saturated rings. The third-order valence-corrected chi connectivity index (χ3v) is 5.70. The number of pyridine rings is 1. The van der Waals surface area contributed by atoms with Gasteiger partial charge in [0.15, 0.2) is 0 Å². The number of fused-ring (bicyclic) bond motifs is 1. The Hall–Kier alpha value is -3.41. The van der Waals surface area contributed by atoms with Crippen LogP contribution in [0, 0.1) is 25.5 Å². The SMILES string of the molecule is Cc1cc2c(-c3ccc(F)cc3F)nn(-c3ccnc(C4CC4)c3)c(=O)c2cc1C. The number of halogens is 2. The molecule has 6 heteroatoms. The van der Waals surface area contributed by atoms with Crippen molar-refractivity contribution in [3.8, 4) is 16.9 Å². The van der Waals surface area contributed by atoms with Crippen LogP contribution in [-0.4, -0.2) is 14.8 Å². The highest BCUT2D eigenvalue weighted by Crippen LogP contribution is 2.39. The van der Waals surface area contributed by atoms with Crippen LogP contribution in [-0.2, 0) is 0 Å². The van der Waals surface area contributed by atoms with Gasteiger partial charge in [0.05, 0.1) is 11.1 Å². The first-order valence-corrected chi connectivity index (χ1v) is 9.88. The van der Waals surface area contributed by atoms with Crippen LogP contribution in [0.4, 0.5) is 8.78 Å². The molecule has 4 aromatic rings. The minimum atomic E-state index is -0.722. The van der Waals surface area contributed by atoms with Gasteiger partial charge < -0.3 is 0 Å². The molecule has 0 spiro atoms. The van der Waals surface area contributed by atoms with Gasteiger partial charge >= 0.3 is 0 Å². The second-order valence-electron chi connectivity index (χ2n) is 7.88. The van der Waals surface area contributed by atoms with E-state index < -0.39 is 11.6 Å². The average molecular weight is 403 g/mol. The Bertz CT molecular complexity index is 1370. The van der Waals surface area contributed by atoms with Crippen molar-refractivity contribution < 1.29 is 8.78 Å². The molecule has 2 aromatic carbocycles. The van der Waals surface area contributed by atoms with Crippen LogP contribution in [0.1, 0.15) is 35.6 Å².